The molecule has 2 N–H and O–H groups in total. The zero-order chi connectivity index (χ0) is 19.4. The Balaban J connectivity index is 1.53. The van der Waals surface area contributed by atoms with Crippen LogP contribution < -0.4 is 5.56 Å². The van der Waals surface area contributed by atoms with Gasteiger partial charge in [0.2, 0.25) is 0 Å². The lowest BCUT2D eigenvalue weighted by atomic mass is 10.2. The molecule has 1 aromatic carbocycles. The van der Waals surface area contributed by atoms with Crippen molar-refractivity contribution in [3.8, 4) is 0 Å². The fourth-order valence-corrected chi connectivity index (χ4v) is 3.98. The van der Waals surface area contributed by atoms with E-state index in [2.05, 4.69) is 20.1 Å². The summed E-state index contributed by atoms with van der Waals surface area (Å²) < 4.78 is 1.32. The number of nitrogens with zero attached hydrogens (tertiary/aromatic N) is 4. The highest BCUT2D eigenvalue weighted by Crippen LogP contribution is 2.32. The smallest absolute Gasteiger partial charge is 0.285 e. The summed E-state index contributed by atoms with van der Waals surface area (Å²) >= 11 is 0. The van der Waals surface area contributed by atoms with E-state index in [9.17, 15) is 9.59 Å². The monoisotopic (exact) mass is 376 g/mol. The molecule has 1 fully saturated rings. The highest BCUT2D eigenvalue weighted by atomic mass is 16.2. The minimum atomic E-state index is -0.381. The van der Waals surface area contributed by atoms with Gasteiger partial charge in [0.1, 0.15) is 11.4 Å². The average molecular weight is 376 g/mol. The number of hydrogen-bond acceptors (Lipinski definition) is 4. The van der Waals surface area contributed by atoms with Crippen molar-refractivity contribution in [2.45, 2.75) is 32.7 Å². The highest BCUT2D eigenvalue weighted by Gasteiger charge is 2.34. The van der Waals surface area contributed by atoms with Crippen molar-refractivity contribution in [2.75, 3.05) is 6.54 Å². The van der Waals surface area contributed by atoms with Gasteiger partial charge in [-0.2, -0.15) is 0 Å². The molecular formula is C20H20N6O2. The summed E-state index contributed by atoms with van der Waals surface area (Å²) in [6.45, 7) is 4.46. The van der Waals surface area contributed by atoms with Gasteiger partial charge in [-0.1, -0.05) is 6.07 Å². The molecule has 0 saturated carbocycles. The number of rotatable bonds is 2. The number of benzene rings is 1. The van der Waals surface area contributed by atoms with Crippen LogP contribution in [0.2, 0.25) is 0 Å². The Bertz CT molecular complexity index is 1280. The maximum Gasteiger partial charge on any atom is 0.285 e. The van der Waals surface area contributed by atoms with Crippen LogP contribution in [0.1, 0.15) is 46.3 Å². The molecular weight excluding hydrogens is 356 g/mol. The molecule has 1 saturated heterocycles. The van der Waals surface area contributed by atoms with E-state index in [0.717, 1.165) is 41.0 Å². The van der Waals surface area contributed by atoms with Crippen molar-refractivity contribution in [1.82, 2.24) is 29.5 Å². The Kier molecular flexibility index (Phi) is 3.61. The van der Waals surface area contributed by atoms with Gasteiger partial charge in [0, 0.05) is 24.5 Å². The van der Waals surface area contributed by atoms with Crippen molar-refractivity contribution in [1.29, 1.82) is 0 Å². The molecule has 0 radical (unpaired) electrons. The van der Waals surface area contributed by atoms with E-state index in [1.807, 2.05) is 32.0 Å². The lowest BCUT2D eigenvalue weighted by Crippen LogP contribution is -2.36. The third kappa shape index (κ3) is 2.52. The fraction of sp³-hybridized carbons (Fsp3) is 0.300. The molecule has 0 aliphatic carbocycles. The molecule has 8 nitrogen and oxygen atoms in total. The number of fused-ring (bicyclic) bond motifs is 2. The predicted molar refractivity (Wildman–Crippen MR) is 104 cm³/mol. The molecule has 4 heterocycles. The van der Waals surface area contributed by atoms with Crippen LogP contribution in [0.4, 0.5) is 0 Å². The first-order valence-corrected chi connectivity index (χ1v) is 9.36. The maximum atomic E-state index is 13.2. The average Bonchev–Trinajstić information content (AvgIpc) is 3.37. The Morgan fingerprint density at radius 2 is 2.11 bits per heavy atom. The van der Waals surface area contributed by atoms with Crippen LogP contribution in [0.15, 0.2) is 35.3 Å². The molecule has 0 unspecified atom stereocenters. The first-order chi connectivity index (χ1) is 13.5. The van der Waals surface area contributed by atoms with Gasteiger partial charge in [0.05, 0.1) is 17.1 Å². The second-order valence-electron chi connectivity index (χ2n) is 7.41. The van der Waals surface area contributed by atoms with Crippen molar-refractivity contribution in [2.24, 2.45) is 0 Å². The van der Waals surface area contributed by atoms with Gasteiger partial charge in [-0.25, -0.2) is 14.5 Å². The lowest BCUT2D eigenvalue weighted by molar-refractivity contribution is 0.0728. The Hall–Kier alpha value is -3.42. The summed E-state index contributed by atoms with van der Waals surface area (Å²) in [7, 11) is 0. The zero-order valence-electron chi connectivity index (χ0n) is 15.7. The number of aromatic nitrogens is 5. The SMILES string of the molecule is Cc1ccc2nc([C@@H]3CCCN3C(=O)c3cnc4cc(C)[nH]n4c3=O)[nH]c2c1. The molecule has 1 aliphatic heterocycles. The van der Waals surface area contributed by atoms with Gasteiger partial charge in [0.15, 0.2) is 5.65 Å². The van der Waals surface area contributed by atoms with Gasteiger partial charge < -0.3 is 9.88 Å². The van der Waals surface area contributed by atoms with E-state index in [1.165, 1.54) is 10.7 Å². The summed E-state index contributed by atoms with van der Waals surface area (Å²) in [5.74, 6) is 0.453. The third-order valence-corrected chi connectivity index (χ3v) is 5.34. The molecule has 0 bridgehead atoms. The number of aryl methyl sites for hydroxylation is 2. The summed E-state index contributed by atoms with van der Waals surface area (Å²) in [5, 5.41) is 2.93. The van der Waals surface area contributed by atoms with Gasteiger partial charge in [0.25, 0.3) is 11.5 Å². The normalized spacial score (nSPS) is 17.1. The van der Waals surface area contributed by atoms with Crippen LogP contribution in [0, 0.1) is 13.8 Å². The van der Waals surface area contributed by atoms with Gasteiger partial charge >= 0.3 is 0 Å². The first kappa shape index (κ1) is 16.7. The molecule has 4 aromatic rings. The number of carbonyl (C=O) groups excluding carboxylic acids is 1. The quantitative estimate of drug-likeness (QED) is 0.561. The maximum absolute atomic E-state index is 13.2. The molecule has 142 valence electrons. The van der Waals surface area contributed by atoms with Crippen LogP contribution in [-0.4, -0.2) is 41.9 Å². The summed E-state index contributed by atoms with van der Waals surface area (Å²) in [4.78, 5) is 40.0. The largest absolute Gasteiger partial charge is 0.340 e. The van der Waals surface area contributed by atoms with E-state index in [-0.39, 0.29) is 23.1 Å². The summed E-state index contributed by atoms with van der Waals surface area (Å²) in [6.07, 6.45) is 3.05. The summed E-state index contributed by atoms with van der Waals surface area (Å²) in [6, 6.07) is 7.63. The highest BCUT2D eigenvalue weighted by molar-refractivity contribution is 5.94. The molecule has 1 aliphatic rings. The standard InChI is InChI=1S/C20H20N6O2/c1-11-5-6-14-15(8-11)23-18(22-14)16-4-3-7-25(16)19(27)13-10-21-17-9-12(2)24-26(17)20(13)28/h5-6,8-10,16,24H,3-4,7H2,1-2H3,(H,22,23)/t16-/m0/s1. The van der Waals surface area contributed by atoms with Crippen LogP contribution >= 0.6 is 0 Å². The number of imidazole rings is 1. The van der Waals surface area contributed by atoms with Crippen LogP contribution in [0.5, 0.6) is 0 Å². The summed E-state index contributed by atoms with van der Waals surface area (Å²) in [5.41, 5.74) is 3.99. The van der Waals surface area contributed by atoms with Crippen LogP contribution in [0.25, 0.3) is 16.7 Å². The first-order valence-electron chi connectivity index (χ1n) is 9.36. The molecule has 8 heteroatoms. The minimum Gasteiger partial charge on any atom is -0.340 e. The number of H-pyrrole nitrogens is 2. The van der Waals surface area contributed by atoms with Crippen LogP contribution in [0.3, 0.4) is 0 Å². The Morgan fingerprint density at radius 1 is 1.25 bits per heavy atom. The second-order valence-corrected chi connectivity index (χ2v) is 7.41. The predicted octanol–water partition coefficient (Wildman–Crippen LogP) is 2.49. The third-order valence-electron chi connectivity index (χ3n) is 5.34. The van der Waals surface area contributed by atoms with E-state index in [0.29, 0.717) is 12.2 Å². The molecule has 3 aromatic heterocycles. The molecule has 0 spiro atoms. The number of aromatic amines is 2. The van der Waals surface area contributed by atoms with Gasteiger partial charge in [-0.3, -0.25) is 14.7 Å². The number of carbonyl (C=O) groups is 1. The molecule has 28 heavy (non-hydrogen) atoms. The molecule has 5 rings (SSSR count). The molecule has 1 atom stereocenters. The topological polar surface area (TPSA) is 99.2 Å². The van der Waals surface area contributed by atoms with Crippen LogP contribution in [-0.2, 0) is 0 Å². The van der Waals surface area contributed by atoms with E-state index in [4.69, 9.17) is 0 Å². The molecule has 1 amide bonds. The van der Waals surface area contributed by atoms with Crippen molar-refractivity contribution in [3.63, 3.8) is 0 Å². The zero-order valence-corrected chi connectivity index (χ0v) is 15.7. The number of nitrogens with one attached hydrogen (secondary N) is 2. The lowest BCUT2D eigenvalue weighted by Gasteiger charge is -2.22. The minimum absolute atomic E-state index is 0.0678. The van der Waals surface area contributed by atoms with Gasteiger partial charge in [-0.05, 0) is 44.4 Å². The Morgan fingerprint density at radius 3 is 2.96 bits per heavy atom. The van der Waals surface area contributed by atoms with E-state index < -0.39 is 0 Å². The number of hydrogen-bond donors (Lipinski definition) is 2. The van der Waals surface area contributed by atoms with Gasteiger partial charge in [-0.15, -0.1) is 0 Å². The van der Waals surface area contributed by atoms with E-state index in [1.54, 1.807) is 11.0 Å². The number of likely N-dealkylation sites (tertiary alicyclic amines) is 1. The van der Waals surface area contributed by atoms with E-state index >= 15 is 0 Å². The fourth-order valence-electron chi connectivity index (χ4n) is 3.98. The Labute approximate surface area is 160 Å². The number of amides is 1. The van der Waals surface area contributed by atoms with Crippen molar-refractivity contribution >= 4 is 22.6 Å². The van der Waals surface area contributed by atoms with Crippen molar-refractivity contribution in [3.05, 3.63) is 63.5 Å². The van der Waals surface area contributed by atoms with Crippen molar-refractivity contribution < 1.29 is 4.79 Å². The second kappa shape index (κ2) is 6.05.